The molecule has 1 radical (unpaired) electrons. The lowest BCUT2D eigenvalue weighted by Gasteiger charge is -2.22. The third-order valence-electron chi connectivity index (χ3n) is 2.60. The summed E-state index contributed by atoms with van der Waals surface area (Å²) in [7, 11) is 0. The second-order valence-corrected chi connectivity index (χ2v) is 3.42. The van der Waals surface area contributed by atoms with Crippen molar-refractivity contribution in [2.45, 2.75) is 31.8 Å². The zero-order chi connectivity index (χ0) is 6.27. The molecule has 0 spiro atoms. The first kappa shape index (κ1) is 5.72. The van der Waals surface area contributed by atoms with Gasteiger partial charge in [0.1, 0.15) is 0 Å². The maximum atomic E-state index is 9.27. The molecule has 2 aliphatic carbocycles. The summed E-state index contributed by atoms with van der Waals surface area (Å²) >= 11 is 0. The molecule has 2 saturated carbocycles. The lowest BCUT2D eigenvalue weighted by molar-refractivity contribution is 0.117. The maximum absolute atomic E-state index is 9.27. The standard InChI is InChI=1S/C8H13O/c9-8-4-6-1-2-7(3-6)5-8/h3,6-9H,1-2,4-5H2/t6-,7+,8-. The Kier molecular flexibility index (Phi) is 1.26. The zero-order valence-corrected chi connectivity index (χ0v) is 5.59. The normalized spacial score (nSPS) is 49.7. The van der Waals surface area contributed by atoms with Crippen LogP contribution < -0.4 is 0 Å². The second-order valence-electron chi connectivity index (χ2n) is 3.42. The van der Waals surface area contributed by atoms with E-state index in [4.69, 9.17) is 0 Å². The molecular formula is C8H13O. The van der Waals surface area contributed by atoms with Gasteiger partial charge in [-0.3, -0.25) is 0 Å². The van der Waals surface area contributed by atoms with Crippen LogP contribution in [-0.2, 0) is 0 Å². The second kappa shape index (κ2) is 1.98. The highest BCUT2D eigenvalue weighted by molar-refractivity contribution is 4.97. The average Bonchev–Trinajstić information content (AvgIpc) is 2.11. The van der Waals surface area contributed by atoms with Crippen LogP contribution in [0.4, 0.5) is 0 Å². The Morgan fingerprint density at radius 3 is 2.22 bits per heavy atom. The van der Waals surface area contributed by atoms with E-state index in [9.17, 15) is 5.11 Å². The van der Waals surface area contributed by atoms with Gasteiger partial charge in [0.25, 0.3) is 0 Å². The van der Waals surface area contributed by atoms with E-state index in [1.165, 1.54) is 12.8 Å². The smallest absolute Gasteiger partial charge is 0.0545 e. The van der Waals surface area contributed by atoms with Gasteiger partial charge in [-0.2, -0.15) is 0 Å². The first-order valence-corrected chi connectivity index (χ1v) is 3.87. The van der Waals surface area contributed by atoms with Crippen molar-refractivity contribution < 1.29 is 5.11 Å². The summed E-state index contributed by atoms with van der Waals surface area (Å²) in [5, 5.41) is 9.27. The van der Waals surface area contributed by atoms with Gasteiger partial charge in [-0.1, -0.05) is 0 Å². The molecule has 2 rings (SSSR count). The van der Waals surface area contributed by atoms with Crippen LogP contribution in [0.2, 0.25) is 0 Å². The zero-order valence-electron chi connectivity index (χ0n) is 5.59. The molecule has 9 heavy (non-hydrogen) atoms. The predicted molar refractivity (Wildman–Crippen MR) is 35.8 cm³/mol. The van der Waals surface area contributed by atoms with Crippen molar-refractivity contribution in [2.24, 2.45) is 11.8 Å². The largest absolute Gasteiger partial charge is 0.393 e. The van der Waals surface area contributed by atoms with Crippen LogP contribution in [0.1, 0.15) is 25.7 Å². The summed E-state index contributed by atoms with van der Waals surface area (Å²) in [6, 6.07) is 0. The van der Waals surface area contributed by atoms with Gasteiger partial charge in [0, 0.05) is 0 Å². The molecule has 0 aromatic heterocycles. The van der Waals surface area contributed by atoms with Gasteiger partial charge >= 0.3 is 0 Å². The Morgan fingerprint density at radius 1 is 1.11 bits per heavy atom. The van der Waals surface area contributed by atoms with E-state index in [0.717, 1.165) is 24.7 Å². The Balaban J connectivity index is 2.03. The Labute approximate surface area is 56.1 Å². The number of hydrogen-bond acceptors (Lipinski definition) is 1. The Bertz CT molecular complexity index is 99.1. The summed E-state index contributed by atoms with van der Waals surface area (Å²) in [5.74, 6) is 1.53. The van der Waals surface area contributed by atoms with Crippen molar-refractivity contribution in [2.75, 3.05) is 0 Å². The SMILES string of the molecule is O[C@H]1C[C@@H]2[CH][C@@H](CC2)C1. The summed E-state index contributed by atoms with van der Waals surface area (Å²) in [5.41, 5.74) is 0. The lowest BCUT2D eigenvalue weighted by Crippen LogP contribution is -2.20. The predicted octanol–water partition coefficient (Wildman–Crippen LogP) is 1.37. The molecule has 2 aliphatic rings. The van der Waals surface area contributed by atoms with Crippen molar-refractivity contribution in [1.29, 1.82) is 0 Å². The molecular weight excluding hydrogens is 112 g/mol. The highest BCUT2D eigenvalue weighted by Crippen LogP contribution is 2.40. The fraction of sp³-hybridized carbons (Fsp3) is 0.875. The van der Waals surface area contributed by atoms with Crippen LogP contribution in [0.25, 0.3) is 0 Å². The van der Waals surface area contributed by atoms with Crippen molar-refractivity contribution >= 4 is 0 Å². The molecule has 0 unspecified atom stereocenters. The minimum absolute atomic E-state index is 0.0208. The topological polar surface area (TPSA) is 20.2 Å². The van der Waals surface area contributed by atoms with Gasteiger partial charge in [-0.05, 0) is 43.9 Å². The van der Waals surface area contributed by atoms with Crippen LogP contribution >= 0.6 is 0 Å². The van der Waals surface area contributed by atoms with E-state index in [-0.39, 0.29) is 6.10 Å². The molecule has 0 aromatic carbocycles. The first-order chi connectivity index (χ1) is 4.34. The summed E-state index contributed by atoms with van der Waals surface area (Å²) < 4.78 is 0. The highest BCUT2D eigenvalue weighted by Gasteiger charge is 2.33. The maximum Gasteiger partial charge on any atom is 0.0545 e. The van der Waals surface area contributed by atoms with Gasteiger partial charge in [0.15, 0.2) is 0 Å². The van der Waals surface area contributed by atoms with Crippen molar-refractivity contribution in [1.82, 2.24) is 0 Å². The molecule has 1 nitrogen and oxygen atoms in total. The molecule has 3 atom stereocenters. The summed E-state index contributed by atoms with van der Waals surface area (Å²) in [6.45, 7) is 0. The highest BCUT2D eigenvalue weighted by atomic mass is 16.3. The van der Waals surface area contributed by atoms with E-state index in [0.29, 0.717) is 0 Å². The van der Waals surface area contributed by atoms with Gasteiger partial charge in [-0.25, -0.2) is 0 Å². The molecule has 0 amide bonds. The number of aliphatic hydroxyl groups excluding tert-OH is 1. The van der Waals surface area contributed by atoms with E-state index in [1.807, 2.05) is 0 Å². The summed E-state index contributed by atoms with van der Waals surface area (Å²) in [4.78, 5) is 0. The van der Waals surface area contributed by atoms with Gasteiger partial charge < -0.3 is 5.11 Å². The fourth-order valence-corrected chi connectivity index (χ4v) is 2.19. The lowest BCUT2D eigenvalue weighted by atomic mass is 9.87. The molecule has 0 aromatic rings. The Hall–Kier alpha value is -0.0400. The monoisotopic (exact) mass is 125 g/mol. The van der Waals surface area contributed by atoms with Gasteiger partial charge in [-0.15, -0.1) is 0 Å². The number of hydrogen-bond donors (Lipinski definition) is 1. The first-order valence-electron chi connectivity index (χ1n) is 3.87. The fourth-order valence-electron chi connectivity index (χ4n) is 2.19. The number of aliphatic hydroxyl groups is 1. The molecule has 2 bridgehead atoms. The third-order valence-corrected chi connectivity index (χ3v) is 2.60. The van der Waals surface area contributed by atoms with E-state index in [1.54, 1.807) is 0 Å². The Morgan fingerprint density at radius 2 is 1.67 bits per heavy atom. The molecule has 0 aliphatic heterocycles. The van der Waals surface area contributed by atoms with Crippen molar-refractivity contribution in [3.63, 3.8) is 0 Å². The van der Waals surface area contributed by atoms with Crippen LogP contribution in [0.15, 0.2) is 0 Å². The minimum atomic E-state index is 0.0208. The molecule has 1 N–H and O–H groups in total. The minimum Gasteiger partial charge on any atom is -0.393 e. The van der Waals surface area contributed by atoms with E-state index >= 15 is 0 Å². The molecule has 1 heteroatoms. The molecule has 51 valence electrons. The van der Waals surface area contributed by atoms with Crippen LogP contribution in [0.3, 0.4) is 0 Å². The van der Waals surface area contributed by atoms with Crippen molar-refractivity contribution in [3.05, 3.63) is 6.42 Å². The van der Waals surface area contributed by atoms with E-state index in [2.05, 4.69) is 6.42 Å². The van der Waals surface area contributed by atoms with Crippen LogP contribution in [0.5, 0.6) is 0 Å². The van der Waals surface area contributed by atoms with Crippen LogP contribution in [0, 0.1) is 18.3 Å². The number of rotatable bonds is 0. The third kappa shape index (κ3) is 0.983. The average molecular weight is 125 g/mol. The summed E-state index contributed by atoms with van der Waals surface area (Å²) in [6.07, 6.45) is 7.20. The number of fused-ring (bicyclic) bond motifs is 2. The van der Waals surface area contributed by atoms with Crippen LogP contribution in [-0.4, -0.2) is 11.2 Å². The quantitative estimate of drug-likeness (QED) is 0.518. The molecule has 0 heterocycles. The van der Waals surface area contributed by atoms with Gasteiger partial charge in [0.05, 0.1) is 6.10 Å². The van der Waals surface area contributed by atoms with Gasteiger partial charge in [0.2, 0.25) is 0 Å². The molecule has 2 fully saturated rings. The van der Waals surface area contributed by atoms with Crippen molar-refractivity contribution in [3.8, 4) is 0 Å². The molecule has 0 saturated heterocycles. The van der Waals surface area contributed by atoms with E-state index < -0.39 is 0 Å².